The third-order valence-corrected chi connectivity index (χ3v) is 4.60. The highest BCUT2D eigenvalue weighted by Gasteiger charge is 2.13. The molecule has 2 rings (SSSR count). The molecule has 1 aromatic carbocycles. The van der Waals surface area contributed by atoms with E-state index < -0.39 is 10.8 Å². The Morgan fingerprint density at radius 2 is 2.00 bits per heavy atom. The molecule has 5 heteroatoms. The Morgan fingerprint density at radius 1 is 1.25 bits per heavy atom. The molecule has 0 saturated heterocycles. The quantitative estimate of drug-likeness (QED) is 0.810. The summed E-state index contributed by atoms with van der Waals surface area (Å²) in [4.78, 5) is 12.0. The molecule has 1 aromatic rings. The molecule has 0 N–H and O–H groups in total. The van der Waals surface area contributed by atoms with Gasteiger partial charge in [-0.15, -0.1) is 0 Å². The first-order valence-electron chi connectivity index (χ1n) is 7.00. The van der Waals surface area contributed by atoms with E-state index in [1.165, 1.54) is 0 Å². The minimum absolute atomic E-state index is 0.223. The fourth-order valence-corrected chi connectivity index (χ4v) is 3.08. The zero-order valence-corrected chi connectivity index (χ0v) is 12.5. The van der Waals surface area contributed by atoms with E-state index in [0.717, 1.165) is 11.3 Å². The molecular formula is C15H20O4S. The van der Waals surface area contributed by atoms with E-state index in [9.17, 15) is 9.00 Å². The largest absolute Gasteiger partial charge is 0.490 e. The molecule has 0 saturated carbocycles. The van der Waals surface area contributed by atoms with Crippen molar-refractivity contribution in [2.75, 3.05) is 19.0 Å². The zero-order valence-electron chi connectivity index (χ0n) is 11.7. The topological polar surface area (TPSA) is 52.6 Å². The lowest BCUT2D eigenvalue weighted by Gasteiger charge is -2.09. The van der Waals surface area contributed by atoms with Gasteiger partial charge in [-0.05, 0) is 18.6 Å². The molecule has 4 nitrogen and oxygen atoms in total. The van der Waals surface area contributed by atoms with Crippen molar-refractivity contribution in [2.24, 2.45) is 0 Å². The number of Topliss-reactive ketones (excluding diaryl/α,β-unsaturated/α-hetero) is 1. The van der Waals surface area contributed by atoms with Gasteiger partial charge in [-0.2, -0.15) is 0 Å². The number of ether oxygens (including phenoxy) is 2. The minimum atomic E-state index is -1.09. The molecule has 110 valence electrons. The van der Waals surface area contributed by atoms with Crippen molar-refractivity contribution >= 4 is 16.6 Å². The molecule has 1 atom stereocenters. The predicted molar refractivity (Wildman–Crippen MR) is 77.9 cm³/mol. The van der Waals surface area contributed by atoms with Crippen molar-refractivity contribution in [2.45, 2.75) is 37.5 Å². The number of rotatable bonds is 6. The van der Waals surface area contributed by atoms with Gasteiger partial charge in [0.2, 0.25) is 0 Å². The van der Waals surface area contributed by atoms with E-state index in [1.54, 1.807) is 6.07 Å². The van der Waals surface area contributed by atoms with E-state index in [0.29, 0.717) is 49.7 Å². The molecule has 0 fully saturated rings. The van der Waals surface area contributed by atoms with Gasteiger partial charge in [0.05, 0.1) is 24.0 Å². The van der Waals surface area contributed by atoms with E-state index in [2.05, 4.69) is 0 Å². The van der Waals surface area contributed by atoms with Crippen LogP contribution in [0.15, 0.2) is 23.1 Å². The third kappa shape index (κ3) is 4.07. The van der Waals surface area contributed by atoms with Crippen LogP contribution >= 0.6 is 0 Å². The number of benzene rings is 1. The maximum absolute atomic E-state index is 12.2. The van der Waals surface area contributed by atoms with E-state index >= 15 is 0 Å². The number of carbonyl (C=O) groups excluding carboxylic acids is 1. The van der Waals surface area contributed by atoms with Gasteiger partial charge in [-0.25, -0.2) is 0 Å². The van der Waals surface area contributed by atoms with Crippen LogP contribution in [0.4, 0.5) is 0 Å². The highest BCUT2D eigenvalue weighted by Crippen LogP contribution is 2.31. The Morgan fingerprint density at radius 3 is 2.75 bits per heavy atom. The summed E-state index contributed by atoms with van der Waals surface area (Å²) in [6.07, 6.45) is 2.57. The summed E-state index contributed by atoms with van der Waals surface area (Å²) in [7, 11) is -1.09. The van der Waals surface area contributed by atoms with Crippen molar-refractivity contribution in [1.29, 1.82) is 0 Å². The molecule has 0 aromatic heterocycles. The lowest BCUT2D eigenvalue weighted by Crippen LogP contribution is -2.03. The fourth-order valence-electron chi connectivity index (χ4n) is 1.98. The third-order valence-electron chi connectivity index (χ3n) is 3.16. The maximum Gasteiger partial charge on any atom is 0.162 e. The predicted octanol–water partition coefficient (Wildman–Crippen LogP) is 2.71. The summed E-state index contributed by atoms with van der Waals surface area (Å²) in [6.45, 7) is 3.12. The smallest absolute Gasteiger partial charge is 0.162 e. The summed E-state index contributed by atoms with van der Waals surface area (Å²) in [5, 5.41) is 0. The SMILES string of the molecule is CCC(=O)CCCS(=O)c1ccc2c(c1)OCCCO2. The molecule has 1 aliphatic heterocycles. The van der Waals surface area contributed by atoms with Gasteiger partial charge in [0, 0.05) is 36.0 Å². The Labute approximate surface area is 121 Å². The highest BCUT2D eigenvalue weighted by atomic mass is 32.2. The minimum Gasteiger partial charge on any atom is -0.490 e. The first-order valence-corrected chi connectivity index (χ1v) is 8.32. The fraction of sp³-hybridized carbons (Fsp3) is 0.533. The summed E-state index contributed by atoms with van der Waals surface area (Å²) in [5.74, 6) is 2.11. The molecule has 0 amide bonds. The molecular weight excluding hydrogens is 276 g/mol. The molecule has 20 heavy (non-hydrogen) atoms. The van der Waals surface area contributed by atoms with Crippen molar-refractivity contribution in [3.63, 3.8) is 0 Å². The number of ketones is 1. The van der Waals surface area contributed by atoms with Crippen LogP contribution in [0.2, 0.25) is 0 Å². The van der Waals surface area contributed by atoms with Crippen LogP contribution in [0.1, 0.15) is 32.6 Å². The Kier molecular flexibility index (Phi) is 5.59. The molecule has 1 heterocycles. The van der Waals surface area contributed by atoms with Gasteiger partial charge < -0.3 is 9.47 Å². The number of hydrogen-bond donors (Lipinski definition) is 0. The molecule has 1 unspecified atom stereocenters. The van der Waals surface area contributed by atoms with Gasteiger partial charge in [0.15, 0.2) is 11.5 Å². The molecule has 0 spiro atoms. The second-order valence-corrected chi connectivity index (χ2v) is 6.28. The monoisotopic (exact) mass is 296 g/mol. The van der Waals surface area contributed by atoms with Gasteiger partial charge in [-0.1, -0.05) is 6.92 Å². The van der Waals surface area contributed by atoms with Crippen LogP contribution in [-0.2, 0) is 15.6 Å². The summed E-state index contributed by atoms with van der Waals surface area (Å²) in [5.41, 5.74) is 0. The number of hydrogen-bond acceptors (Lipinski definition) is 4. The molecule has 0 radical (unpaired) electrons. The normalized spacial score (nSPS) is 15.4. The van der Waals surface area contributed by atoms with Crippen LogP contribution in [0.5, 0.6) is 11.5 Å². The van der Waals surface area contributed by atoms with Crippen molar-refractivity contribution in [3.05, 3.63) is 18.2 Å². The highest BCUT2D eigenvalue weighted by molar-refractivity contribution is 7.85. The second kappa shape index (κ2) is 7.43. The van der Waals surface area contributed by atoms with Crippen LogP contribution in [0.25, 0.3) is 0 Å². The lowest BCUT2D eigenvalue weighted by molar-refractivity contribution is -0.118. The first kappa shape index (κ1) is 15.0. The second-order valence-electron chi connectivity index (χ2n) is 4.70. The van der Waals surface area contributed by atoms with E-state index in [1.807, 2.05) is 19.1 Å². The molecule has 0 bridgehead atoms. The van der Waals surface area contributed by atoms with Gasteiger partial charge in [-0.3, -0.25) is 9.00 Å². The molecule has 1 aliphatic rings. The summed E-state index contributed by atoms with van der Waals surface area (Å²) in [6, 6.07) is 5.41. The van der Waals surface area contributed by atoms with Crippen molar-refractivity contribution in [3.8, 4) is 11.5 Å². The summed E-state index contributed by atoms with van der Waals surface area (Å²) < 4.78 is 23.3. The van der Waals surface area contributed by atoms with Crippen molar-refractivity contribution in [1.82, 2.24) is 0 Å². The maximum atomic E-state index is 12.2. The Bertz CT molecular complexity index is 499. The van der Waals surface area contributed by atoms with E-state index in [4.69, 9.17) is 9.47 Å². The Hall–Kier alpha value is -1.36. The van der Waals surface area contributed by atoms with Crippen LogP contribution in [-0.4, -0.2) is 29.0 Å². The number of fused-ring (bicyclic) bond motifs is 1. The van der Waals surface area contributed by atoms with Crippen molar-refractivity contribution < 1.29 is 18.5 Å². The zero-order chi connectivity index (χ0) is 14.4. The van der Waals surface area contributed by atoms with Crippen LogP contribution in [0.3, 0.4) is 0 Å². The van der Waals surface area contributed by atoms with Crippen LogP contribution in [0, 0.1) is 0 Å². The number of carbonyl (C=O) groups is 1. The van der Waals surface area contributed by atoms with Crippen LogP contribution < -0.4 is 9.47 Å². The van der Waals surface area contributed by atoms with Gasteiger partial charge in [0.1, 0.15) is 5.78 Å². The van der Waals surface area contributed by atoms with E-state index in [-0.39, 0.29) is 5.78 Å². The van der Waals surface area contributed by atoms with Gasteiger partial charge >= 0.3 is 0 Å². The van der Waals surface area contributed by atoms with Gasteiger partial charge in [0.25, 0.3) is 0 Å². The standard InChI is InChI=1S/C15H20O4S/c1-2-12(16)5-3-10-20(17)13-6-7-14-15(11-13)19-9-4-8-18-14/h6-7,11H,2-5,8-10H2,1H3. The first-order chi connectivity index (χ1) is 9.70. The Balaban J connectivity index is 1.96. The lowest BCUT2D eigenvalue weighted by atomic mass is 10.2. The molecule has 0 aliphatic carbocycles. The average Bonchev–Trinajstić information content (AvgIpc) is 2.71. The summed E-state index contributed by atoms with van der Waals surface area (Å²) >= 11 is 0. The average molecular weight is 296 g/mol.